The molecule has 1 aromatic rings. The lowest BCUT2D eigenvalue weighted by Crippen LogP contribution is -1.75. The first-order valence-electron chi connectivity index (χ1n) is 2.73. The molecule has 0 atom stereocenters. The third-order valence-electron chi connectivity index (χ3n) is 0.945. The first kappa shape index (κ1) is 7.58. The minimum Gasteiger partial charge on any atom is -0.257 e. The average molecular weight is 174 g/mol. The van der Waals surface area contributed by atoms with Gasteiger partial charge in [-0.15, -0.1) is 0 Å². The van der Waals surface area contributed by atoms with Crippen LogP contribution in [0, 0.1) is 0 Å². The molecule has 0 saturated heterocycles. The van der Waals surface area contributed by atoms with Crippen LogP contribution in [0.1, 0.15) is 5.69 Å². The molecule has 1 aromatic heterocycles. The van der Waals surface area contributed by atoms with Crippen molar-refractivity contribution in [1.29, 1.82) is 0 Å². The van der Waals surface area contributed by atoms with Gasteiger partial charge in [0, 0.05) is 6.20 Å². The van der Waals surface area contributed by atoms with Gasteiger partial charge < -0.3 is 0 Å². The van der Waals surface area contributed by atoms with Gasteiger partial charge in [0.05, 0.1) is 5.69 Å². The molecule has 0 amide bonds. The van der Waals surface area contributed by atoms with Gasteiger partial charge in [-0.05, 0) is 18.2 Å². The van der Waals surface area contributed by atoms with E-state index in [2.05, 4.69) is 4.98 Å². The topological polar surface area (TPSA) is 12.9 Å². The summed E-state index contributed by atoms with van der Waals surface area (Å²) in [6.45, 7) is 0. The van der Waals surface area contributed by atoms with E-state index in [0.29, 0.717) is 0 Å². The van der Waals surface area contributed by atoms with E-state index in [9.17, 15) is 0 Å². The zero-order valence-corrected chi connectivity index (χ0v) is 6.60. The molecule has 0 fully saturated rings. The molecule has 0 saturated carbocycles. The summed E-state index contributed by atoms with van der Waals surface area (Å²) in [5.41, 5.74) is 0.766. The van der Waals surface area contributed by atoms with Crippen LogP contribution in [0.5, 0.6) is 0 Å². The Kier molecular flexibility index (Phi) is 2.72. The molecule has 52 valence electrons. The standard InChI is InChI=1S/C7H5Cl2N/c8-7(9)5-6-3-1-2-4-10-6/h1-5H. The van der Waals surface area contributed by atoms with Gasteiger partial charge in [-0.3, -0.25) is 4.98 Å². The minimum atomic E-state index is 0.221. The lowest BCUT2D eigenvalue weighted by atomic mass is 10.3. The van der Waals surface area contributed by atoms with Crippen LogP contribution in [-0.2, 0) is 0 Å². The van der Waals surface area contributed by atoms with Crippen molar-refractivity contribution in [3.05, 3.63) is 34.6 Å². The first-order chi connectivity index (χ1) is 4.79. The van der Waals surface area contributed by atoms with Crippen molar-refractivity contribution < 1.29 is 0 Å². The van der Waals surface area contributed by atoms with Crippen LogP contribution in [0.3, 0.4) is 0 Å². The van der Waals surface area contributed by atoms with E-state index in [4.69, 9.17) is 23.2 Å². The van der Waals surface area contributed by atoms with Crippen molar-refractivity contribution in [2.45, 2.75) is 0 Å². The molecule has 0 spiro atoms. The predicted molar refractivity (Wildman–Crippen MR) is 43.9 cm³/mol. The van der Waals surface area contributed by atoms with Crippen LogP contribution in [0.25, 0.3) is 6.08 Å². The predicted octanol–water partition coefficient (Wildman–Crippen LogP) is 2.86. The van der Waals surface area contributed by atoms with Crippen molar-refractivity contribution in [2.75, 3.05) is 0 Å². The fourth-order valence-electron chi connectivity index (χ4n) is 0.573. The zero-order valence-electron chi connectivity index (χ0n) is 5.09. The van der Waals surface area contributed by atoms with Crippen molar-refractivity contribution in [3.8, 4) is 0 Å². The first-order valence-corrected chi connectivity index (χ1v) is 3.48. The van der Waals surface area contributed by atoms with Crippen molar-refractivity contribution >= 4 is 29.3 Å². The van der Waals surface area contributed by atoms with Gasteiger partial charge in [0.2, 0.25) is 0 Å². The molecule has 0 aliphatic heterocycles. The second-order valence-corrected chi connectivity index (χ2v) is 2.70. The molecule has 1 rings (SSSR count). The highest BCUT2D eigenvalue weighted by atomic mass is 35.5. The maximum Gasteiger partial charge on any atom is 0.108 e. The Balaban J connectivity index is 2.87. The summed E-state index contributed by atoms with van der Waals surface area (Å²) in [7, 11) is 0. The highest BCUT2D eigenvalue weighted by molar-refractivity contribution is 6.57. The molecular formula is C7H5Cl2N. The summed E-state index contributed by atoms with van der Waals surface area (Å²) in [5, 5.41) is 0. The number of pyridine rings is 1. The van der Waals surface area contributed by atoms with Gasteiger partial charge in [0.25, 0.3) is 0 Å². The fourth-order valence-corrected chi connectivity index (χ4v) is 0.797. The Morgan fingerprint density at radius 2 is 2.20 bits per heavy atom. The van der Waals surface area contributed by atoms with E-state index in [0.717, 1.165) is 5.69 Å². The van der Waals surface area contributed by atoms with E-state index >= 15 is 0 Å². The van der Waals surface area contributed by atoms with E-state index in [1.807, 2.05) is 18.2 Å². The molecule has 0 radical (unpaired) electrons. The summed E-state index contributed by atoms with van der Waals surface area (Å²) in [6.07, 6.45) is 3.27. The van der Waals surface area contributed by atoms with Gasteiger partial charge in [0.1, 0.15) is 4.49 Å². The van der Waals surface area contributed by atoms with Crippen LogP contribution >= 0.6 is 23.2 Å². The molecule has 10 heavy (non-hydrogen) atoms. The molecule has 0 unspecified atom stereocenters. The number of hydrogen-bond acceptors (Lipinski definition) is 1. The number of rotatable bonds is 1. The summed E-state index contributed by atoms with van der Waals surface area (Å²) in [5.74, 6) is 0. The third kappa shape index (κ3) is 2.38. The maximum absolute atomic E-state index is 5.40. The summed E-state index contributed by atoms with van der Waals surface area (Å²) in [6, 6.07) is 5.53. The van der Waals surface area contributed by atoms with Gasteiger partial charge >= 0.3 is 0 Å². The van der Waals surface area contributed by atoms with Crippen LogP contribution in [0.2, 0.25) is 0 Å². The van der Waals surface area contributed by atoms with E-state index in [1.54, 1.807) is 12.3 Å². The molecule has 0 aromatic carbocycles. The largest absolute Gasteiger partial charge is 0.257 e. The summed E-state index contributed by atoms with van der Waals surface area (Å²) >= 11 is 10.8. The number of aromatic nitrogens is 1. The Hall–Kier alpha value is -0.530. The van der Waals surface area contributed by atoms with Gasteiger partial charge in [-0.25, -0.2) is 0 Å². The van der Waals surface area contributed by atoms with E-state index in [1.165, 1.54) is 0 Å². The van der Waals surface area contributed by atoms with Crippen LogP contribution in [0.15, 0.2) is 28.9 Å². The zero-order chi connectivity index (χ0) is 7.40. The smallest absolute Gasteiger partial charge is 0.108 e. The number of hydrogen-bond donors (Lipinski definition) is 0. The molecule has 1 nitrogen and oxygen atoms in total. The van der Waals surface area contributed by atoms with Gasteiger partial charge in [0.15, 0.2) is 0 Å². The van der Waals surface area contributed by atoms with E-state index in [-0.39, 0.29) is 4.49 Å². The molecule has 0 bridgehead atoms. The van der Waals surface area contributed by atoms with Crippen LogP contribution < -0.4 is 0 Å². The molecule has 0 aliphatic carbocycles. The average Bonchev–Trinajstić information content (AvgIpc) is 1.88. The second-order valence-electron chi connectivity index (χ2n) is 1.69. The van der Waals surface area contributed by atoms with E-state index < -0.39 is 0 Å². The third-order valence-corrected chi connectivity index (χ3v) is 1.16. The van der Waals surface area contributed by atoms with Crippen LogP contribution in [-0.4, -0.2) is 4.98 Å². The normalized spacial score (nSPS) is 9.00. The van der Waals surface area contributed by atoms with Crippen molar-refractivity contribution in [3.63, 3.8) is 0 Å². The number of nitrogens with zero attached hydrogens (tertiary/aromatic N) is 1. The SMILES string of the molecule is ClC(Cl)=Cc1ccccn1. The summed E-state index contributed by atoms with van der Waals surface area (Å²) in [4.78, 5) is 3.97. The van der Waals surface area contributed by atoms with Crippen molar-refractivity contribution in [1.82, 2.24) is 4.98 Å². The fraction of sp³-hybridized carbons (Fsp3) is 0. The van der Waals surface area contributed by atoms with Gasteiger partial charge in [-0.1, -0.05) is 29.3 Å². The Morgan fingerprint density at radius 3 is 2.70 bits per heavy atom. The lowest BCUT2D eigenvalue weighted by molar-refractivity contribution is 1.30. The van der Waals surface area contributed by atoms with Gasteiger partial charge in [-0.2, -0.15) is 0 Å². The highest BCUT2D eigenvalue weighted by Crippen LogP contribution is 2.10. The maximum atomic E-state index is 5.40. The highest BCUT2D eigenvalue weighted by Gasteiger charge is 1.86. The molecule has 0 aliphatic rings. The summed E-state index contributed by atoms with van der Waals surface area (Å²) < 4.78 is 0.221. The molecule has 1 heterocycles. The number of halogens is 2. The van der Waals surface area contributed by atoms with Crippen LogP contribution in [0.4, 0.5) is 0 Å². The lowest BCUT2D eigenvalue weighted by Gasteiger charge is -1.88. The Labute approximate surface area is 69.3 Å². The monoisotopic (exact) mass is 173 g/mol. The molecule has 0 N–H and O–H groups in total. The second kappa shape index (κ2) is 3.59. The van der Waals surface area contributed by atoms with Crippen molar-refractivity contribution in [2.24, 2.45) is 0 Å². The Bertz CT molecular complexity index is 227. The minimum absolute atomic E-state index is 0.221. The quantitative estimate of drug-likeness (QED) is 0.637. The molecular weight excluding hydrogens is 169 g/mol. The molecule has 3 heteroatoms. The Morgan fingerprint density at radius 1 is 1.40 bits per heavy atom.